The van der Waals surface area contributed by atoms with Gasteiger partial charge in [0.05, 0.1) is 22.8 Å². The topological polar surface area (TPSA) is 71.3 Å². The maximum atomic E-state index is 12.1. The molecule has 2 amide bonds. The minimum absolute atomic E-state index is 0.256. The molecule has 0 unspecified atom stereocenters. The van der Waals surface area contributed by atoms with Gasteiger partial charge in [0, 0.05) is 30.5 Å². The molecule has 3 aromatic heterocycles. The van der Waals surface area contributed by atoms with E-state index in [1.165, 1.54) is 0 Å². The number of pyridine rings is 2. The Bertz CT molecular complexity index is 1090. The predicted molar refractivity (Wildman–Crippen MR) is 101 cm³/mol. The lowest BCUT2D eigenvalue weighted by Gasteiger charge is -2.08. The van der Waals surface area contributed by atoms with Crippen LogP contribution in [0.15, 0.2) is 61.1 Å². The third kappa shape index (κ3) is 3.45. The number of imidazole rings is 1. The van der Waals surface area contributed by atoms with Crippen molar-refractivity contribution in [1.82, 2.24) is 25.0 Å². The van der Waals surface area contributed by atoms with Gasteiger partial charge in [-0.1, -0.05) is 35.9 Å². The van der Waals surface area contributed by atoms with E-state index < -0.39 is 0 Å². The Morgan fingerprint density at radius 2 is 1.88 bits per heavy atom. The molecule has 0 saturated heterocycles. The Morgan fingerprint density at radius 3 is 2.81 bits per heavy atom. The van der Waals surface area contributed by atoms with E-state index in [9.17, 15) is 4.79 Å². The lowest BCUT2D eigenvalue weighted by molar-refractivity contribution is 0.240. The molecule has 0 radical (unpaired) electrons. The number of rotatable bonds is 4. The van der Waals surface area contributed by atoms with Gasteiger partial charge in [0.25, 0.3) is 0 Å². The summed E-state index contributed by atoms with van der Waals surface area (Å²) in [5.41, 5.74) is 3.41. The molecule has 4 aromatic rings. The van der Waals surface area contributed by atoms with Crippen LogP contribution in [0.25, 0.3) is 16.6 Å². The number of hydrogen-bond acceptors (Lipinski definition) is 3. The van der Waals surface area contributed by atoms with Crippen LogP contribution in [0.5, 0.6) is 0 Å². The zero-order valence-electron chi connectivity index (χ0n) is 13.8. The SMILES string of the molecule is O=C(NCc1cn2cc(Cl)ccc2n1)NCc1cccc2cccnc12. The number of carbonyl (C=O) groups excluding carboxylic acids is 1. The second kappa shape index (κ2) is 7.01. The van der Waals surface area contributed by atoms with E-state index >= 15 is 0 Å². The summed E-state index contributed by atoms with van der Waals surface area (Å²) in [5.74, 6) is 0. The maximum Gasteiger partial charge on any atom is 0.315 e. The van der Waals surface area contributed by atoms with Gasteiger partial charge in [-0.15, -0.1) is 0 Å². The standard InChI is InChI=1S/C19H16ClN5O/c20-15-6-7-17-24-16(12-25(17)11-15)10-23-19(26)22-9-14-4-1-3-13-5-2-8-21-18(13)14/h1-8,11-12H,9-10H2,(H2,22,23,26). The summed E-state index contributed by atoms with van der Waals surface area (Å²) in [5, 5.41) is 7.36. The van der Waals surface area contributed by atoms with Crippen molar-refractivity contribution < 1.29 is 4.79 Å². The van der Waals surface area contributed by atoms with Crippen molar-refractivity contribution in [2.45, 2.75) is 13.1 Å². The molecule has 0 bridgehead atoms. The van der Waals surface area contributed by atoms with Gasteiger partial charge in [-0.2, -0.15) is 0 Å². The third-order valence-corrected chi connectivity index (χ3v) is 4.27. The van der Waals surface area contributed by atoms with Gasteiger partial charge in [-0.05, 0) is 23.8 Å². The minimum Gasteiger partial charge on any atom is -0.334 e. The Morgan fingerprint density at radius 1 is 1.04 bits per heavy atom. The minimum atomic E-state index is -0.256. The molecule has 4 rings (SSSR count). The van der Waals surface area contributed by atoms with Crippen LogP contribution in [-0.4, -0.2) is 20.4 Å². The highest BCUT2D eigenvalue weighted by molar-refractivity contribution is 6.30. The van der Waals surface area contributed by atoms with Crippen molar-refractivity contribution in [1.29, 1.82) is 0 Å². The largest absolute Gasteiger partial charge is 0.334 e. The number of nitrogens with zero attached hydrogens (tertiary/aromatic N) is 3. The van der Waals surface area contributed by atoms with Crippen LogP contribution in [0, 0.1) is 0 Å². The molecule has 1 aromatic carbocycles. The first-order chi connectivity index (χ1) is 12.7. The fourth-order valence-corrected chi connectivity index (χ4v) is 2.99. The quantitative estimate of drug-likeness (QED) is 0.581. The highest BCUT2D eigenvalue weighted by Crippen LogP contribution is 2.15. The summed E-state index contributed by atoms with van der Waals surface area (Å²) in [6.45, 7) is 0.736. The van der Waals surface area contributed by atoms with E-state index in [4.69, 9.17) is 11.6 Å². The zero-order valence-corrected chi connectivity index (χ0v) is 14.6. The van der Waals surface area contributed by atoms with Crippen molar-refractivity contribution in [3.05, 3.63) is 77.3 Å². The molecule has 0 aliphatic rings. The molecule has 3 heterocycles. The van der Waals surface area contributed by atoms with Crippen molar-refractivity contribution in [2.75, 3.05) is 0 Å². The van der Waals surface area contributed by atoms with E-state index in [2.05, 4.69) is 20.6 Å². The number of halogens is 1. The van der Waals surface area contributed by atoms with E-state index in [-0.39, 0.29) is 6.03 Å². The molecule has 0 saturated carbocycles. The molecule has 0 aliphatic carbocycles. The monoisotopic (exact) mass is 365 g/mol. The number of para-hydroxylation sites is 1. The number of nitrogens with one attached hydrogen (secondary N) is 2. The second-order valence-corrected chi connectivity index (χ2v) is 6.31. The molecule has 0 aliphatic heterocycles. The van der Waals surface area contributed by atoms with Crippen LogP contribution < -0.4 is 10.6 Å². The van der Waals surface area contributed by atoms with Crippen molar-refractivity contribution in [3.63, 3.8) is 0 Å². The smallest absolute Gasteiger partial charge is 0.315 e. The second-order valence-electron chi connectivity index (χ2n) is 5.87. The Balaban J connectivity index is 1.37. The fraction of sp³-hybridized carbons (Fsp3) is 0.105. The van der Waals surface area contributed by atoms with Crippen LogP contribution in [0.2, 0.25) is 5.02 Å². The number of amides is 2. The Hall–Kier alpha value is -3.12. The van der Waals surface area contributed by atoms with Gasteiger partial charge in [-0.25, -0.2) is 9.78 Å². The number of fused-ring (bicyclic) bond motifs is 2. The molecular formula is C19H16ClN5O. The van der Waals surface area contributed by atoms with Gasteiger partial charge in [0.2, 0.25) is 0 Å². The Kier molecular flexibility index (Phi) is 4.41. The van der Waals surface area contributed by atoms with Gasteiger partial charge in [0.15, 0.2) is 0 Å². The first kappa shape index (κ1) is 16.4. The number of hydrogen-bond donors (Lipinski definition) is 2. The summed E-state index contributed by atoms with van der Waals surface area (Å²) in [4.78, 5) is 20.9. The van der Waals surface area contributed by atoms with E-state index in [0.29, 0.717) is 18.1 Å². The molecule has 2 N–H and O–H groups in total. The Labute approximate surface area is 154 Å². The van der Waals surface area contributed by atoms with Crippen LogP contribution in [0.1, 0.15) is 11.3 Å². The molecular weight excluding hydrogens is 350 g/mol. The van der Waals surface area contributed by atoms with E-state index in [1.807, 2.05) is 47.0 Å². The molecule has 0 atom stereocenters. The summed E-state index contributed by atoms with van der Waals surface area (Å²) >= 11 is 5.96. The number of urea groups is 1. The van der Waals surface area contributed by atoms with Gasteiger partial charge < -0.3 is 15.0 Å². The summed E-state index contributed by atoms with van der Waals surface area (Å²) < 4.78 is 1.83. The van der Waals surface area contributed by atoms with E-state index in [0.717, 1.165) is 27.8 Å². The molecule has 130 valence electrons. The summed E-state index contributed by atoms with van der Waals surface area (Å²) in [7, 11) is 0. The highest BCUT2D eigenvalue weighted by atomic mass is 35.5. The maximum absolute atomic E-state index is 12.1. The number of benzene rings is 1. The fourth-order valence-electron chi connectivity index (χ4n) is 2.82. The zero-order chi connectivity index (χ0) is 17.9. The summed E-state index contributed by atoms with van der Waals surface area (Å²) in [6.07, 6.45) is 5.37. The van der Waals surface area contributed by atoms with Gasteiger partial charge in [-0.3, -0.25) is 4.98 Å². The molecule has 7 heteroatoms. The lowest BCUT2D eigenvalue weighted by atomic mass is 10.1. The van der Waals surface area contributed by atoms with Crippen molar-refractivity contribution in [2.24, 2.45) is 0 Å². The molecule has 26 heavy (non-hydrogen) atoms. The average Bonchev–Trinajstić information content (AvgIpc) is 3.06. The van der Waals surface area contributed by atoms with Crippen LogP contribution in [0.3, 0.4) is 0 Å². The molecule has 0 fully saturated rings. The highest BCUT2D eigenvalue weighted by Gasteiger charge is 2.06. The number of aromatic nitrogens is 3. The average molecular weight is 366 g/mol. The van der Waals surface area contributed by atoms with Crippen molar-refractivity contribution >= 4 is 34.2 Å². The number of carbonyl (C=O) groups is 1. The molecule has 6 nitrogen and oxygen atoms in total. The van der Waals surface area contributed by atoms with Crippen LogP contribution in [0.4, 0.5) is 4.79 Å². The predicted octanol–water partition coefficient (Wildman–Crippen LogP) is 3.54. The summed E-state index contributed by atoms with van der Waals surface area (Å²) in [6, 6.07) is 13.2. The van der Waals surface area contributed by atoms with Gasteiger partial charge >= 0.3 is 6.03 Å². The lowest BCUT2D eigenvalue weighted by Crippen LogP contribution is -2.34. The first-order valence-electron chi connectivity index (χ1n) is 8.16. The molecule has 0 spiro atoms. The van der Waals surface area contributed by atoms with Crippen LogP contribution >= 0.6 is 11.6 Å². The first-order valence-corrected chi connectivity index (χ1v) is 8.54. The van der Waals surface area contributed by atoms with E-state index in [1.54, 1.807) is 18.5 Å². The normalized spacial score (nSPS) is 11.0. The van der Waals surface area contributed by atoms with Crippen LogP contribution in [-0.2, 0) is 13.1 Å². The third-order valence-electron chi connectivity index (χ3n) is 4.05. The van der Waals surface area contributed by atoms with Gasteiger partial charge in [0.1, 0.15) is 5.65 Å². The van der Waals surface area contributed by atoms with Crippen molar-refractivity contribution in [3.8, 4) is 0 Å².